The fraction of sp³-hybridized carbons (Fsp3) is 0.478. The lowest BCUT2D eigenvalue weighted by Gasteiger charge is -2.16. The second kappa shape index (κ2) is 7.22. The Kier molecular flexibility index (Phi) is 5.35. The van der Waals surface area contributed by atoms with Crippen molar-refractivity contribution in [1.82, 2.24) is 9.97 Å². The Morgan fingerprint density at radius 3 is 1.90 bits per heavy atom. The van der Waals surface area contributed by atoms with Crippen LogP contribution in [0.5, 0.6) is 0 Å². The first-order chi connectivity index (χ1) is 13.4. The molecule has 1 saturated carbocycles. The van der Waals surface area contributed by atoms with Crippen molar-refractivity contribution in [2.75, 3.05) is 0 Å². The van der Waals surface area contributed by atoms with Crippen molar-refractivity contribution in [3.05, 3.63) is 70.8 Å². The summed E-state index contributed by atoms with van der Waals surface area (Å²) in [6, 6.07) is 0. The number of nitrogens with zero attached hydrogens (tertiary/aromatic N) is 2. The molecule has 0 amide bonds. The number of aromatic nitrogens is 2. The van der Waals surface area contributed by atoms with Crippen molar-refractivity contribution in [3.8, 4) is 0 Å². The summed E-state index contributed by atoms with van der Waals surface area (Å²) in [5.74, 6) is -4.84. The van der Waals surface area contributed by atoms with Crippen molar-refractivity contribution in [2.24, 2.45) is 11.3 Å². The highest BCUT2D eigenvalue weighted by molar-refractivity contribution is 5.35. The van der Waals surface area contributed by atoms with E-state index in [1.807, 2.05) is 34.6 Å². The molecule has 0 saturated heterocycles. The van der Waals surface area contributed by atoms with Crippen molar-refractivity contribution in [2.45, 2.75) is 58.8 Å². The van der Waals surface area contributed by atoms with E-state index < -0.39 is 34.4 Å². The SMILES string of the molecule is C=CCc1c(F)c(F)c(C[C@@H]2[C@@H](c3cnc(C(C)(C)C)nc3)C2(C)C)c(F)c1F. The van der Waals surface area contributed by atoms with Gasteiger partial charge < -0.3 is 0 Å². The topological polar surface area (TPSA) is 25.8 Å². The van der Waals surface area contributed by atoms with Crippen LogP contribution in [-0.4, -0.2) is 9.97 Å². The molecule has 2 atom stereocenters. The molecule has 3 rings (SSSR count). The van der Waals surface area contributed by atoms with Gasteiger partial charge >= 0.3 is 0 Å². The summed E-state index contributed by atoms with van der Waals surface area (Å²) in [6.07, 6.45) is 4.31. The lowest BCUT2D eigenvalue weighted by molar-refractivity contribution is 0.420. The van der Waals surface area contributed by atoms with Gasteiger partial charge in [-0.2, -0.15) is 0 Å². The van der Waals surface area contributed by atoms with Crippen molar-refractivity contribution in [1.29, 1.82) is 0 Å². The molecule has 2 aromatic rings. The maximum atomic E-state index is 14.5. The zero-order valence-electron chi connectivity index (χ0n) is 17.4. The number of hydrogen-bond acceptors (Lipinski definition) is 2. The number of halogens is 4. The third-order valence-electron chi connectivity index (χ3n) is 5.97. The molecule has 2 nitrogen and oxygen atoms in total. The fourth-order valence-electron chi connectivity index (χ4n) is 4.12. The maximum absolute atomic E-state index is 14.5. The first kappa shape index (κ1) is 21.5. The van der Waals surface area contributed by atoms with Gasteiger partial charge in [-0.1, -0.05) is 40.7 Å². The molecule has 156 valence electrons. The molecule has 1 heterocycles. The van der Waals surface area contributed by atoms with E-state index in [-0.39, 0.29) is 35.5 Å². The molecule has 0 bridgehead atoms. The Bertz CT molecular complexity index is 914. The number of hydrogen-bond donors (Lipinski definition) is 0. The lowest BCUT2D eigenvalue weighted by atomic mass is 9.95. The van der Waals surface area contributed by atoms with E-state index in [0.29, 0.717) is 5.82 Å². The maximum Gasteiger partial charge on any atom is 0.165 e. The van der Waals surface area contributed by atoms with E-state index in [1.54, 1.807) is 12.4 Å². The van der Waals surface area contributed by atoms with Gasteiger partial charge in [0.15, 0.2) is 23.3 Å². The summed E-state index contributed by atoms with van der Waals surface area (Å²) in [4.78, 5) is 8.85. The first-order valence-corrected chi connectivity index (χ1v) is 9.68. The molecule has 0 radical (unpaired) electrons. The average molecular weight is 406 g/mol. The minimum Gasteiger partial charge on any atom is -0.241 e. The van der Waals surface area contributed by atoms with Crippen LogP contribution in [0.25, 0.3) is 0 Å². The molecule has 1 aromatic carbocycles. The van der Waals surface area contributed by atoms with Crippen molar-refractivity contribution < 1.29 is 17.6 Å². The van der Waals surface area contributed by atoms with Crippen molar-refractivity contribution in [3.63, 3.8) is 0 Å². The second-order valence-corrected chi connectivity index (χ2v) is 9.41. The number of benzene rings is 1. The third kappa shape index (κ3) is 3.69. The monoisotopic (exact) mass is 406 g/mol. The Morgan fingerprint density at radius 2 is 1.45 bits per heavy atom. The summed E-state index contributed by atoms with van der Waals surface area (Å²) in [5.41, 5.74) is -0.792. The van der Waals surface area contributed by atoms with E-state index in [4.69, 9.17) is 0 Å². The lowest BCUT2D eigenvalue weighted by Crippen LogP contribution is -2.15. The van der Waals surface area contributed by atoms with Gasteiger partial charge in [-0.25, -0.2) is 27.5 Å². The van der Waals surface area contributed by atoms with Crippen LogP contribution in [0.15, 0.2) is 25.0 Å². The van der Waals surface area contributed by atoms with Crippen LogP contribution in [0, 0.1) is 34.6 Å². The number of rotatable bonds is 5. The summed E-state index contributed by atoms with van der Waals surface area (Å²) < 4.78 is 57.6. The first-order valence-electron chi connectivity index (χ1n) is 9.68. The zero-order chi connectivity index (χ0) is 21.7. The van der Waals surface area contributed by atoms with Crippen LogP contribution in [0.3, 0.4) is 0 Å². The molecular weight excluding hydrogens is 380 g/mol. The molecule has 0 N–H and O–H groups in total. The summed E-state index contributed by atoms with van der Waals surface area (Å²) in [5, 5.41) is 0. The minimum absolute atomic E-state index is 0.0470. The van der Waals surface area contributed by atoms with E-state index >= 15 is 0 Å². The Hall–Kier alpha value is -2.24. The van der Waals surface area contributed by atoms with Gasteiger partial charge in [0, 0.05) is 28.9 Å². The second-order valence-electron chi connectivity index (χ2n) is 9.41. The van der Waals surface area contributed by atoms with Gasteiger partial charge in [-0.3, -0.25) is 0 Å². The Balaban J connectivity index is 1.91. The van der Waals surface area contributed by atoms with Crippen LogP contribution in [0.4, 0.5) is 17.6 Å². The summed E-state index contributed by atoms with van der Waals surface area (Å²) in [6.45, 7) is 13.3. The minimum atomic E-state index is -1.34. The zero-order valence-corrected chi connectivity index (χ0v) is 17.4. The van der Waals surface area contributed by atoms with E-state index in [2.05, 4.69) is 16.5 Å². The predicted molar refractivity (Wildman–Crippen MR) is 105 cm³/mol. The summed E-state index contributed by atoms with van der Waals surface area (Å²) >= 11 is 0. The largest absolute Gasteiger partial charge is 0.241 e. The Labute approximate surface area is 169 Å². The van der Waals surface area contributed by atoms with E-state index in [9.17, 15) is 17.6 Å². The molecule has 1 aliphatic carbocycles. The quantitative estimate of drug-likeness (QED) is 0.344. The average Bonchev–Trinajstić information content (AvgIpc) is 3.20. The molecule has 0 unspecified atom stereocenters. The van der Waals surface area contributed by atoms with Crippen LogP contribution >= 0.6 is 0 Å². The number of allylic oxidation sites excluding steroid dienone is 1. The van der Waals surface area contributed by atoms with Gasteiger partial charge in [-0.15, -0.1) is 6.58 Å². The molecule has 29 heavy (non-hydrogen) atoms. The highest BCUT2D eigenvalue weighted by atomic mass is 19.2. The van der Waals surface area contributed by atoms with Gasteiger partial charge in [0.05, 0.1) is 0 Å². The normalized spacial score (nSPS) is 20.6. The van der Waals surface area contributed by atoms with Gasteiger partial charge in [0.2, 0.25) is 0 Å². The smallest absolute Gasteiger partial charge is 0.165 e. The molecule has 0 aliphatic heterocycles. The van der Waals surface area contributed by atoms with Crippen molar-refractivity contribution >= 4 is 0 Å². The predicted octanol–water partition coefficient (Wildman–Crippen LogP) is 6.04. The van der Waals surface area contributed by atoms with Crippen LogP contribution in [0.2, 0.25) is 0 Å². The third-order valence-corrected chi connectivity index (χ3v) is 5.97. The highest BCUT2D eigenvalue weighted by Gasteiger charge is 2.58. The molecular formula is C23H26F4N2. The Morgan fingerprint density at radius 1 is 0.966 bits per heavy atom. The molecule has 6 heteroatoms. The summed E-state index contributed by atoms with van der Waals surface area (Å²) in [7, 11) is 0. The molecule has 0 spiro atoms. The van der Waals surface area contributed by atoms with Gasteiger partial charge in [-0.05, 0) is 35.7 Å². The van der Waals surface area contributed by atoms with E-state index in [0.717, 1.165) is 5.56 Å². The van der Waals surface area contributed by atoms with Crippen LogP contribution in [0.1, 0.15) is 63.1 Å². The van der Waals surface area contributed by atoms with Gasteiger partial charge in [0.25, 0.3) is 0 Å². The standard InChI is InChI=1S/C23H26F4N2/c1-7-8-13-17(24)19(26)14(20(27)18(13)25)9-15-16(23(15,5)6)12-10-28-21(29-11-12)22(2,3)4/h7,10-11,15-16H,1,8-9H2,2-6H3/t15-,16-/m1/s1. The fourth-order valence-corrected chi connectivity index (χ4v) is 4.12. The van der Waals surface area contributed by atoms with Crippen LogP contribution < -0.4 is 0 Å². The van der Waals surface area contributed by atoms with E-state index in [1.165, 1.54) is 6.08 Å². The van der Waals surface area contributed by atoms with Gasteiger partial charge in [0.1, 0.15) is 5.82 Å². The van der Waals surface area contributed by atoms with Crippen LogP contribution in [-0.2, 0) is 18.3 Å². The molecule has 1 aliphatic rings. The molecule has 1 aromatic heterocycles. The highest BCUT2D eigenvalue weighted by Crippen LogP contribution is 2.65. The molecule has 1 fully saturated rings.